The molecular formula is C25H28ClN3O5S. The first-order valence-electron chi connectivity index (χ1n) is 11.5. The van der Waals surface area contributed by atoms with Gasteiger partial charge in [0.15, 0.2) is 5.17 Å². The summed E-state index contributed by atoms with van der Waals surface area (Å²) >= 11 is 7.45. The van der Waals surface area contributed by atoms with Crippen LogP contribution in [-0.4, -0.2) is 60.1 Å². The van der Waals surface area contributed by atoms with Crippen LogP contribution >= 0.6 is 23.4 Å². The first-order chi connectivity index (χ1) is 17.0. The summed E-state index contributed by atoms with van der Waals surface area (Å²) in [7, 11) is 1.52. The number of nitrogens with zero attached hydrogens (tertiary/aromatic N) is 2. The number of aliphatic imine (C=N–C) groups is 1. The number of halogens is 1. The van der Waals surface area contributed by atoms with Gasteiger partial charge in [-0.1, -0.05) is 35.5 Å². The summed E-state index contributed by atoms with van der Waals surface area (Å²) < 4.78 is 16.6. The van der Waals surface area contributed by atoms with Crippen molar-refractivity contribution in [3.8, 4) is 11.5 Å². The molecule has 2 fully saturated rings. The average molecular weight is 518 g/mol. The number of rotatable bonds is 9. The number of thioether (sulfide) groups is 1. The Balaban J connectivity index is 1.51. The number of hydrogen-bond acceptors (Lipinski definition) is 7. The molecule has 0 spiro atoms. The molecule has 2 aromatic carbocycles. The Morgan fingerprint density at radius 3 is 2.83 bits per heavy atom. The molecule has 8 nitrogen and oxygen atoms in total. The number of carbonyl (C=O) groups excluding carboxylic acids is 2. The fraction of sp³-hybridized carbons (Fsp3) is 0.400. The zero-order chi connectivity index (χ0) is 24.8. The van der Waals surface area contributed by atoms with E-state index in [2.05, 4.69) is 5.32 Å². The predicted octanol–water partition coefficient (Wildman–Crippen LogP) is 4.89. The Labute approximate surface area is 214 Å². The standard InChI is InChI=1S/C25H28ClN3O5S/c1-3-33-21-9-5-4-8-19(21)28-25-29(15-17-7-6-12-34-17)24(31)22(35-25)14-23(30)27-16-10-11-20(32-2)18(26)13-16/h4-5,8-11,13,17,22H,3,6-7,12,14-15H2,1-2H3,(H,27,30). The Hall–Kier alpha value is -2.75. The second kappa shape index (κ2) is 11.8. The topological polar surface area (TPSA) is 89.5 Å². The van der Waals surface area contributed by atoms with E-state index in [4.69, 9.17) is 30.8 Å². The van der Waals surface area contributed by atoms with Crippen molar-refractivity contribution < 1.29 is 23.8 Å². The molecule has 10 heteroatoms. The number of amidine groups is 1. The van der Waals surface area contributed by atoms with Crippen molar-refractivity contribution in [2.75, 3.05) is 32.2 Å². The normalized spacial score (nSPS) is 20.9. The molecule has 2 atom stereocenters. The molecule has 2 heterocycles. The van der Waals surface area contributed by atoms with E-state index in [9.17, 15) is 9.59 Å². The number of hydrogen-bond donors (Lipinski definition) is 1. The summed E-state index contributed by atoms with van der Waals surface area (Å²) in [5, 5.41) is 3.15. The summed E-state index contributed by atoms with van der Waals surface area (Å²) in [4.78, 5) is 32.5. The fourth-order valence-electron chi connectivity index (χ4n) is 3.94. The molecule has 2 aliphatic heterocycles. The van der Waals surface area contributed by atoms with Crippen LogP contribution in [0.1, 0.15) is 26.2 Å². The van der Waals surface area contributed by atoms with Crippen molar-refractivity contribution in [2.45, 2.75) is 37.5 Å². The van der Waals surface area contributed by atoms with Gasteiger partial charge in [0.1, 0.15) is 22.4 Å². The lowest BCUT2D eigenvalue weighted by Crippen LogP contribution is -2.38. The van der Waals surface area contributed by atoms with Gasteiger partial charge >= 0.3 is 0 Å². The van der Waals surface area contributed by atoms with Crippen LogP contribution in [0, 0.1) is 0 Å². The van der Waals surface area contributed by atoms with Crippen LogP contribution in [-0.2, 0) is 14.3 Å². The van der Waals surface area contributed by atoms with Gasteiger partial charge in [-0.05, 0) is 50.1 Å². The largest absolute Gasteiger partial charge is 0.495 e. The van der Waals surface area contributed by atoms with Crippen LogP contribution < -0.4 is 14.8 Å². The minimum Gasteiger partial charge on any atom is -0.495 e. The average Bonchev–Trinajstić information content (AvgIpc) is 3.45. The van der Waals surface area contributed by atoms with Gasteiger partial charge < -0.3 is 19.5 Å². The highest BCUT2D eigenvalue weighted by Gasteiger charge is 2.40. The zero-order valence-electron chi connectivity index (χ0n) is 19.7. The minimum absolute atomic E-state index is 0.00129. The van der Waals surface area contributed by atoms with Crippen molar-refractivity contribution >= 4 is 51.7 Å². The number of carbonyl (C=O) groups is 2. The summed E-state index contributed by atoms with van der Waals surface area (Å²) in [6.07, 6.45) is 1.82. The van der Waals surface area contributed by atoms with Crippen molar-refractivity contribution in [3.05, 3.63) is 47.5 Å². The van der Waals surface area contributed by atoms with E-state index in [0.29, 0.717) is 52.8 Å². The smallest absolute Gasteiger partial charge is 0.242 e. The number of amides is 2. The van der Waals surface area contributed by atoms with Gasteiger partial charge in [0, 0.05) is 18.7 Å². The van der Waals surface area contributed by atoms with Crippen molar-refractivity contribution in [3.63, 3.8) is 0 Å². The lowest BCUT2D eigenvalue weighted by molar-refractivity contribution is -0.129. The van der Waals surface area contributed by atoms with E-state index >= 15 is 0 Å². The predicted molar refractivity (Wildman–Crippen MR) is 138 cm³/mol. The zero-order valence-corrected chi connectivity index (χ0v) is 21.2. The second-order valence-electron chi connectivity index (χ2n) is 8.09. The molecule has 2 saturated heterocycles. The molecule has 1 N–H and O–H groups in total. The number of nitrogens with one attached hydrogen (secondary N) is 1. The third-order valence-corrected chi connectivity index (χ3v) is 7.09. The molecule has 0 saturated carbocycles. The lowest BCUT2D eigenvalue weighted by Gasteiger charge is -2.20. The SMILES string of the molecule is CCOc1ccccc1N=C1SC(CC(=O)Nc2ccc(OC)c(Cl)c2)C(=O)N1CC1CCCO1. The molecule has 2 amide bonds. The number of ether oxygens (including phenoxy) is 3. The molecule has 0 aromatic heterocycles. The minimum atomic E-state index is -0.594. The molecule has 0 aliphatic carbocycles. The highest BCUT2D eigenvalue weighted by atomic mass is 35.5. The molecule has 2 unspecified atom stereocenters. The molecule has 2 aliphatic rings. The molecule has 0 bridgehead atoms. The van der Waals surface area contributed by atoms with Crippen LogP contribution in [0.4, 0.5) is 11.4 Å². The molecule has 4 rings (SSSR count). The van der Waals surface area contributed by atoms with Gasteiger partial charge in [0.2, 0.25) is 11.8 Å². The van der Waals surface area contributed by atoms with Crippen molar-refractivity contribution in [2.24, 2.45) is 4.99 Å². The number of anilines is 1. The van der Waals surface area contributed by atoms with E-state index < -0.39 is 5.25 Å². The highest BCUT2D eigenvalue weighted by molar-refractivity contribution is 8.15. The third kappa shape index (κ3) is 6.28. The summed E-state index contributed by atoms with van der Waals surface area (Å²) in [5.41, 5.74) is 1.17. The maximum Gasteiger partial charge on any atom is 0.242 e. The van der Waals surface area contributed by atoms with E-state index in [0.717, 1.165) is 12.8 Å². The van der Waals surface area contributed by atoms with Crippen LogP contribution in [0.2, 0.25) is 5.02 Å². The van der Waals surface area contributed by atoms with Crippen LogP contribution in [0.3, 0.4) is 0 Å². The van der Waals surface area contributed by atoms with Crippen molar-refractivity contribution in [1.82, 2.24) is 4.90 Å². The van der Waals surface area contributed by atoms with Gasteiger partial charge in [-0.3, -0.25) is 14.5 Å². The monoisotopic (exact) mass is 517 g/mol. The number of methoxy groups -OCH3 is 1. The Bertz CT molecular complexity index is 1110. The van der Waals surface area contributed by atoms with E-state index in [1.165, 1.54) is 18.9 Å². The maximum absolute atomic E-state index is 13.3. The number of benzene rings is 2. The second-order valence-corrected chi connectivity index (χ2v) is 9.66. The van der Waals surface area contributed by atoms with E-state index in [1.54, 1.807) is 23.1 Å². The van der Waals surface area contributed by atoms with Gasteiger partial charge in [-0.15, -0.1) is 0 Å². The van der Waals surface area contributed by atoms with Crippen LogP contribution in [0.5, 0.6) is 11.5 Å². The highest BCUT2D eigenvalue weighted by Crippen LogP contribution is 2.36. The van der Waals surface area contributed by atoms with E-state index in [-0.39, 0.29) is 24.3 Å². The first-order valence-corrected chi connectivity index (χ1v) is 12.8. The summed E-state index contributed by atoms with van der Waals surface area (Å²) in [6.45, 7) is 3.52. The first kappa shape index (κ1) is 25.3. The quantitative estimate of drug-likeness (QED) is 0.509. The lowest BCUT2D eigenvalue weighted by atomic mass is 10.2. The molecule has 35 heavy (non-hydrogen) atoms. The molecule has 0 radical (unpaired) electrons. The Kier molecular flexibility index (Phi) is 8.54. The van der Waals surface area contributed by atoms with E-state index in [1.807, 2.05) is 31.2 Å². The molecular weight excluding hydrogens is 490 g/mol. The Morgan fingerprint density at radius 2 is 2.11 bits per heavy atom. The van der Waals surface area contributed by atoms with Crippen LogP contribution in [0.15, 0.2) is 47.5 Å². The number of para-hydroxylation sites is 2. The third-order valence-electron chi connectivity index (χ3n) is 5.62. The molecule has 2 aromatic rings. The fourth-order valence-corrected chi connectivity index (χ4v) is 5.36. The maximum atomic E-state index is 13.3. The Morgan fingerprint density at radius 1 is 1.29 bits per heavy atom. The summed E-state index contributed by atoms with van der Waals surface area (Å²) in [6, 6.07) is 12.4. The van der Waals surface area contributed by atoms with Crippen LogP contribution in [0.25, 0.3) is 0 Å². The van der Waals surface area contributed by atoms with Gasteiger partial charge in [0.05, 0.1) is 31.4 Å². The molecule has 186 valence electrons. The van der Waals surface area contributed by atoms with Crippen molar-refractivity contribution in [1.29, 1.82) is 0 Å². The van der Waals surface area contributed by atoms with Gasteiger partial charge in [-0.25, -0.2) is 4.99 Å². The van der Waals surface area contributed by atoms with Gasteiger partial charge in [0.25, 0.3) is 0 Å². The van der Waals surface area contributed by atoms with Gasteiger partial charge in [-0.2, -0.15) is 0 Å². The summed E-state index contributed by atoms with van der Waals surface area (Å²) in [5.74, 6) is 0.723.